The van der Waals surface area contributed by atoms with Crippen molar-refractivity contribution in [3.8, 4) is 0 Å². The van der Waals surface area contributed by atoms with Crippen LogP contribution in [0.25, 0.3) is 5.57 Å². The third-order valence-electron chi connectivity index (χ3n) is 1.87. The van der Waals surface area contributed by atoms with E-state index in [1.165, 1.54) is 5.56 Å². The van der Waals surface area contributed by atoms with E-state index in [1.807, 2.05) is 12.3 Å². The van der Waals surface area contributed by atoms with E-state index in [1.54, 1.807) is 6.20 Å². The zero-order valence-electron chi connectivity index (χ0n) is 7.38. The minimum Gasteiger partial charge on any atom is -0.330 e. The van der Waals surface area contributed by atoms with E-state index in [0.29, 0.717) is 6.54 Å². The molecule has 0 spiro atoms. The molecule has 0 saturated carbocycles. The molecule has 1 heterocycles. The summed E-state index contributed by atoms with van der Waals surface area (Å²) in [4.78, 5) is 4.05. The van der Waals surface area contributed by atoms with Gasteiger partial charge in [0.15, 0.2) is 0 Å². The molecular weight excluding hydrogens is 148 g/mol. The van der Waals surface area contributed by atoms with Gasteiger partial charge in [-0.1, -0.05) is 6.58 Å². The van der Waals surface area contributed by atoms with Crippen LogP contribution in [-0.4, -0.2) is 11.5 Å². The summed E-state index contributed by atoms with van der Waals surface area (Å²) in [5.74, 6) is 0. The van der Waals surface area contributed by atoms with Gasteiger partial charge in [0.05, 0.1) is 0 Å². The van der Waals surface area contributed by atoms with Gasteiger partial charge in [0.2, 0.25) is 0 Å². The molecule has 1 aromatic rings. The van der Waals surface area contributed by atoms with Crippen molar-refractivity contribution in [2.24, 2.45) is 5.73 Å². The molecule has 0 amide bonds. The van der Waals surface area contributed by atoms with Crippen molar-refractivity contribution >= 4 is 5.57 Å². The second-order valence-corrected chi connectivity index (χ2v) is 2.83. The normalized spacial score (nSPS) is 9.83. The van der Waals surface area contributed by atoms with E-state index in [2.05, 4.69) is 18.5 Å². The molecule has 0 aromatic carbocycles. The Kier molecular flexibility index (Phi) is 3.00. The number of nitrogens with zero attached hydrogens (tertiary/aromatic N) is 1. The molecule has 0 fully saturated rings. The molecular formula is C10H14N2. The number of hydrogen-bond donors (Lipinski definition) is 1. The van der Waals surface area contributed by atoms with Crippen LogP contribution in [0.1, 0.15) is 17.5 Å². The molecule has 0 atom stereocenters. The molecule has 0 aliphatic carbocycles. The lowest BCUT2D eigenvalue weighted by molar-refractivity contribution is 1.02. The molecule has 0 bridgehead atoms. The van der Waals surface area contributed by atoms with Crippen LogP contribution < -0.4 is 5.73 Å². The first kappa shape index (κ1) is 8.94. The topological polar surface area (TPSA) is 38.9 Å². The highest BCUT2D eigenvalue weighted by atomic mass is 14.6. The van der Waals surface area contributed by atoms with E-state index in [-0.39, 0.29) is 0 Å². The standard InChI is InChI=1S/C10H14N2/c1-8(3-5-11)10-7-12-6-4-9(10)2/h4,6-7H,1,3,5,11H2,2H3. The second-order valence-electron chi connectivity index (χ2n) is 2.83. The van der Waals surface area contributed by atoms with Crippen LogP contribution in [0.4, 0.5) is 0 Å². The number of rotatable bonds is 3. The maximum Gasteiger partial charge on any atom is 0.0345 e. The van der Waals surface area contributed by atoms with Crippen LogP contribution in [0.2, 0.25) is 0 Å². The Hall–Kier alpha value is -1.15. The fourth-order valence-corrected chi connectivity index (χ4v) is 1.14. The van der Waals surface area contributed by atoms with Gasteiger partial charge in [-0.05, 0) is 42.7 Å². The quantitative estimate of drug-likeness (QED) is 0.735. The van der Waals surface area contributed by atoms with Crippen LogP contribution in [0.3, 0.4) is 0 Å². The summed E-state index contributed by atoms with van der Waals surface area (Å²) in [6, 6.07) is 1.98. The van der Waals surface area contributed by atoms with Crippen LogP contribution in [-0.2, 0) is 0 Å². The molecule has 2 nitrogen and oxygen atoms in total. The molecule has 0 aliphatic heterocycles. The van der Waals surface area contributed by atoms with E-state index >= 15 is 0 Å². The molecule has 0 saturated heterocycles. The van der Waals surface area contributed by atoms with Gasteiger partial charge in [-0.15, -0.1) is 0 Å². The smallest absolute Gasteiger partial charge is 0.0345 e. The monoisotopic (exact) mass is 162 g/mol. The summed E-state index contributed by atoms with van der Waals surface area (Å²) < 4.78 is 0. The van der Waals surface area contributed by atoms with Gasteiger partial charge in [0.1, 0.15) is 0 Å². The van der Waals surface area contributed by atoms with Crippen LogP contribution in [0.5, 0.6) is 0 Å². The summed E-state index contributed by atoms with van der Waals surface area (Å²) in [6.07, 6.45) is 4.47. The Labute approximate surface area is 73.1 Å². The summed E-state index contributed by atoms with van der Waals surface area (Å²) in [6.45, 7) is 6.66. The van der Waals surface area contributed by atoms with Crippen molar-refractivity contribution in [1.29, 1.82) is 0 Å². The Morgan fingerprint density at radius 1 is 1.67 bits per heavy atom. The third-order valence-corrected chi connectivity index (χ3v) is 1.87. The van der Waals surface area contributed by atoms with Crippen LogP contribution >= 0.6 is 0 Å². The van der Waals surface area contributed by atoms with E-state index in [4.69, 9.17) is 5.73 Å². The third kappa shape index (κ3) is 1.92. The predicted molar refractivity (Wildman–Crippen MR) is 51.7 cm³/mol. The molecule has 0 aliphatic rings. The largest absolute Gasteiger partial charge is 0.330 e. The number of aryl methyl sites for hydroxylation is 1. The Morgan fingerprint density at radius 2 is 2.42 bits per heavy atom. The lowest BCUT2D eigenvalue weighted by atomic mass is 10.0. The summed E-state index contributed by atoms with van der Waals surface area (Å²) in [5.41, 5.74) is 8.85. The first-order valence-electron chi connectivity index (χ1n) is 4.04. The van der Waals surface area contributed by atoms with Gasteiger partial charge >= 0.3 is 0 Å². The molecule has 2 heteroatoms. The van der Waals surface area contributed by atoms with Gasteiger partial charge in [0.25, 0.3) is 0 Å². The first-order valence-corrected chi connectivity index (χ1v) is 4.04. The number of aromatic nitrogens is 1. The molecule has 12 heavy (non-hydrogen) atoms. The van der Waals surface area contributed by atoms with Crippen molar-refractivity contribution in [3.63, 3.8) is 0 Å². The van der Waals surface area contributed by atoms with Crippen LogP contribution in [0.15, 0.2) is 25.0 Å². The van der Waals surface area contributed by atoms with Crippen LogP contribution in [0, 0.1) is 6.92 Å². The lowest BCUT2D eigenvalue weighted by Gasteiger charge is -2.06. The van der Waals surface area contributed by atoms with Gasteiger partial charge in [-0.2, -0.15) is 0 Å². The Morgan fingerprint density at radius 3 is 3.00 bits per heavy atom. The molecule has 64 valence electrons. The first-order chi connectivity index (χ1) is 5.75. The predicted octanol–water partition coefficient (Wildman–Crippen LogP) is 1.75. The van der Waals surface area contributed by atoms with Crippen molar-refractivity contribution in [2.45, 2.75) is 13.3 Å². The summed E-state index contributed by atoms with van der Waals surface area (Å²) in [7, 11) is 0. The number of pyridine rings is 1. The summed E-state index contributed by atoms with van der Waals surface area (Å²) in [5, 5.41) is 0. The minimum absolute atomic E-state index is 0.646. The molecule has 2 N–H and O–H groups in total. The lowest BCUT2D eigenvalue weighted by Crippen LogP contribution is -2.00. The number of nitrogens with two attached hydrogens (primary N) is 1. The van der Waals surface area contributed by atoms with Crippen molar-refractivity contribution in [1.82, 2.24) is 4.98 Å². The van der Waals surface area contributed by atoms with Crippen molar-refractivity contribution in [2.75, 3.05) is 6.54 Å². The molecule has 0 radical (unpaired) electrons. The van der Waals surface area contributed by atoms with Crippen molar-refractivity contribution in [3.05, 3.63) is 36.2 Å². The summed E-state index contributed by atoms with van der Waals surface area (Å²) >= 11 is 0. The van der Waals surface area contributed by atoms with E-state index < -0.39 is 0 Å². The van der Waals surface area contributed by atoms with Gasteiger partial charge < -0.3 is 5.73 Å². The maximum absolute atomic E-state index is 5.44. The molecule has 1 rings (SSSR count). The van der Waals surface area contributed by atoms with Crippen molar-refractivity contribution < 1.29 is 0 Å². The average Bonchev–Trinajstić information content (AvgIpc) is 2.05. The molecule has 0 unspecified atom stereocenters. The van der Waals surface area contributed by atoms with Gasteiger partial charge in [-0.3, -0.25) is 4.98 Å². The highest BCUT2D eigenvalue weighted by molar-refractivity contribution is 5.65. The number of hydrogen-bond acceptors (Lipinski definition) is 2. The van der Waals surface area contributed by atoms with Gasteiger partial charge in [0, 0.05) is 12.4 Å². The fourth-order valence-electron chi connectivity index (χ4n) is 1.14. The minimum atomic E-state index is 0.646. The Balaban J connectivity index is 2.87. The second kappa shape index (κ2) is 4.02. The average molecular weight is 162 g/mol. The van der Waals surface area contributed by atoms with Gasteiger partial charge in [-0.25, -0.2) is 0 Å². The maximum atomic E-state index is 5.44. The molecule has 1 aromatic heterocycles. The highest BCUT2D eigenvalue weighted by Gasteiger charge is 2.00. The zero-order valence-corrected chi connectivity index (χ0v) is 7.38. The van der Waals surface area contributed by atoms with E-state index in [0.717, 1.165) is 17.6 Å². The highest BCUT2D eigenvalue weighted by Crippen LogP contribution is 2.17. The Bertz CT molecular complexity index is 279. The zero-order chi connectivity index (χ0) is 8.97. The fraction of sp³-hybridized carbons (Fsp3) is 0.300. The SMILES string of the molecule is C=C(CCN)c1cnccc1C. The van der Waals surface area contributed by atoms with E-state index in [9.17, 15) is 0 Å².